The van der Waals surface area contributed by atoms with Crippen LogP contribution < -0.4 is 10.1 Å². The number of amides is 1. The van der Waals surface area contributed by atoms with Gasteiger partial charge in [0.25, 0.3) is 0 Å². The lowest BCUT2D eigenvalue weighted by Gasteiger charge is -2.30. The van der Waals surface area contributed by atoms with Crippen LogP contribution in [0.2, 0.25) is 0 Å². The van der Waals surface area contributed by atoms with Gasteiger partial charge in [0.15, 0.2) is 0 Å². The van der Waals surface area contributed by atoms with Crippen LogP contribution in [0, 0.1) is 5.92 Å². The number of likely N-dealkylation sites (tertiary alicyclic amines) is 1. The summed E-state index contributed by atoms with van der Waals surface area (Å²) in [6, 6.07) is 16.0. The largest absolute Gasteiger partial charge is 0.497 e. The number of methoxy groups -OCH3 is 1. The summed E-state index contributed by atoms with van der Waals surface area (Å²) in [6.45, 7) is 7.19. The van der Waals surface area contributed by atoms with E-state index < -0.39 is 0 Å². The number of piperidine rings is 1. The molecule has 0 radical (unpaired) electrons. The number of anilines is 1. The van der Waals surface area contributed by atoms with E-state index in [1.165, 1.54) is 5.57 Å². The molecule has 1 fully saturated rings. The summed E-state index contributed by atoms with van der Waals surface area (Å²) in [4.78, 5) is 15.1. The molecule has 1 saturated heterocycles. The Morgan fingerprint density at radius 2 is 1.79 bits per heavy atom. The van der Waals surface area contributed by atoms with Crippen molar-refractivity contribution in [3.05, 3.63) is 60.2 Å². The Hall–Kier alpha value is -2.59. The van der Waals surface area contributed by atoms with Crippen molar-refractivity contribution >= 4 is 11.6 Å². The van der Waals surface area contributed by atoms with Crippen LogP contribution in [0.5, 0.6) is 5.75 Å². The molecule has 0 bridgehead atoms. The normalized spacial score (nSPS) is 15.1. The highest BCUT2D eigenvalue weighted by molar-refractivity contribution is 5.93. The number of benzene rings is 2. The highest BCUT2D eigenvalue weighted by Crippen LogP contribution is 2.27. The topological polar surface area (TPSA) is 41.6 Å². The molecule has 0 aliphatic carbocycles. The lowest BCUT2D eigenvalue weighted by Crippen LogP contribution is -2.38. The molecule has 0 aromatic heterocycles. The van der Waals surface area contributed by atoms with Gasteiger partial charge < -0.3 is 10.1 Å². The van der Waals surface area contributed by atoms with Gasteiger partial charge >= 0.3 is 0 Å². The summed E-state index contributed by atoms with van der Waals surface area (Å²) >= 11 is 0. The lowest BCUT2D eigenvalue weighted by atomic mass is 9.95. The van der Waals surface area contributed by atoms with Crippen molar-refractivity contribution in [2.45, 2.75) is 26.7 Å². The molecule has 1 amide bonds. The second kappa shape index (κ2) is 9.56. The van der Waals surface area contributed by atoms with Gasteiger partial charge in [0.1, 0.15) is 5.75 Å². The Morgan fingerprint density at radius 1 is 1.11 bits per heavy atom. The van der Waals surface area contributed by atoms with Crippen LogP contribution in [0.3, 0.4) is 0 Å². The zero-order valence-corrected chi connectivity index (χ0v) is 17.1. The van der Waals surface area contributed by atoms with E-state index in [-0.39, 0.29) is 11.8 Å². The fourth-order valence-corrected chi connectivity index (χ4v) is 3.51. The van der Waals surface area contributed by atoms with Crippen LogP contribution in [0.25, 0.3) is 11.1 Å². The van der Waals surface area contributed by atoms with Crippen molar-refractivity contribution in [3.63, 3.8) is 0 Å². The molecule has 1 heterocycles. The molecule has 1 aliphatic heterocycles. The number of rotatable bonds is 6. The van der Waals surface area contributed by atoms with E-state index in [0.717, 1.165) is 55.0 Å². The third-order valence-corrected chi connectivity index (χ3v) is 5.25. The quantitative estimate of drug-likeness (QED) is 0.721. The van der Waals surface area contributed by atoms with Gasteiger partial charge in [-0.25, -0.2) is 0 Å². The highest BCUT2D eigenvalue weighted by atomic mass is 16.5. The molecule has 0 unspecified atom stereocenters. The number of allylic oxidation sites excluding steroid dienone is 1. The maximum atomic E-state index is 12.7. The molecular formula is C24H30N2O2. The van der Waals surface area contributed by atoms with Crippen LogP contribution in [-0.4, -0.2) is 37.6 Å². The minimum Gasteiger partial charge on any atom is -0.497 e. The Kier molecular flexibility index (Phi) is 6.88. The number of ether oxygens (including phenoxy) is 1. The van der Waals surface area contributed by atoms with E-state index in [1.54, 1.807) is 7.11 Å². The van der Waals surface area contributed by atoms with Gasteiger partial charge in [-0.05, 0) is 75.2 Å². The van der Waals surface area contributed by atoms with Gasteiger partial charge in [0.2, 0.25) is 5.91 Å². The molecule has 1 N–H and O–H groups in total. The molecular weight excluding hydrogens is 348 g/mol. The standard InChI is InChI=1S/C24H30N2O2/c1-18(2)10-13-26-14-11-19(12-15-26)24(27)25-22-8-4-6-20(16-22)21-7-5-9-23(17-21)28-3/h4-10,16-17,19H,11-15H2,1-3H3,(H,25,27). The van der Waals surface area contributed by atoms with Gasteiger partial charge in [-0.2, -0.15) is 0 Å². The van der Waals surface area contributed by atoms with Crippen LogP contribution in [-0.2, 0) is 4.79 Å². The molecule has 0 atom stereocenters. The summed E-state index contributed by atoms with van der Waals surface area (Å²) in [5.41, 5.74) is 4.32. The minimum absolute atomic E-state index is 0.0865. The van der Waals surface area contributed by atoms with E-state index in [4.69, 9.17) is 4.74 Å². The molecule has 3 rings (SSSR count). The first-order valence-corrected chi connectivity index (χ1v) is 9.96. The van der Waals surface area contributed by atoms with Crippen molar-refractivity contribution in [3.8, 4) is 16.9 Å². The number of carbonyl (C=O) groups excluding carboxylic acids is 1. The number of carbonyl (C=O) groups is 1. The van der Waals surface area contributed by atoms with Crippen LogP contribution in [0.15, 0.2) is 60.2 Å². The van der Waals surface area contributed by atoms with Crippen molar-refractivity contribution in [2.75, 3.05) is 32.1 Å². The molecule has 2 aromatic carbocycles. The van der Waals surface area contributed by atoms with E-state index in [0.29, 0.717) is 0 Å². The third-order valence-electron chi connectivity index (χ3n) is 5.25. The summed E-state index contributed by atoms with van der Waals surface area (Å²) < 4.78 is 5.31. The summed E-state index contributed by atoms with van der Waals surface area (Å²) in [7, 11) is 1.67. The number of hydrogen-bond donors (Lipinski definition) is 1. The van der Waals surface area contributed by atoms with Gasteiger partial charge in [-0.3, -0.25) is 9.69 Å². The second-order valence-electron chi connectivity index (χ2n) is 7.66. The van der Waals surface area contributed by atoms with Crippen molar-refractivity contribution in [1.29, 1.82) is 0 Å². The lowest BCUT2D eigenvalue weighted by molar-refractivity contribution is -0.121. The Balaban J connectivity index is 1.60. The third kappa shape index (κ3) is 5.46. The van der Waals surface area contributed by atoms with E-state index >= 15 is 0 Å². The number of hydrogen-bond acceptors (Lipinski definition) is 3. The summed E-state index contributed by atoms with van der Waals surface area (Å²) in [6.07, 6.45) is 4.08. The molecule has 148 valence electrons. The number of nitrogens with zero attached hydrogens (tertiary/aromatic N) is 1. The Bertz CT molecular complexity index is 832. The average Bonchev–Trinajstić information content (AvgIpc) is 2.73. The van der Waals surface area contributed by atoms with Gasteiger partial charge in [-0.1, -0.05) is 35.9 Å². The maximum absolute atomic E-state index is 12.7. The monoisotopic (exact) mass is 378 g/mol. The Morgan fingerprint density at radius 3 is 2.46 bits per heavy atom. The molecule has 2 aromatic rings. The fraction of sp³-hybridized carbons (Fsp3) is 0.375. The van der Waals surface area contributed by atoms with Gasteiger partial charge in [0.05, 0.1) is 7.11 Å². The minimum atomic E-state index is 0.0865. The molecule has 4 heteroatoms. The summed E-state index contributed by atoms with van der Waals surface area (Å²) in [5.74, 6) is 1.04. The molecule has 0 spiro atoms. The number of nitrogens with one attached hydrogen (secondary N) is 1. The van der Waals surface area contributed by atoms with Crippen LogP contribution in [0.1, 0.15) is 26.7 Å². The second-order valence-corrected chi connectivity index (χ2v) is 7.66. The molecule has 0 saturated carbocycles. The first-order chi connectivity index (χ1) is 13.5. The van der Waals surface area contributed by atoms with Crippen molar-refractivity contribution < 1.29 is 9.53 Å². The van der Waals surface area contributed by atoms with Crippen molar-refractivity contribution in [2.24, 2.45) is 5.92 Å². The zero-order valence-electron chi connectivity index (χ0n) is 17.1. The van der Waals surface area contributed by atoms with E-state index in [2.05, 4.69) is 30.1 Å². The maximum Gasteiger partial charge on any atom is 0.227 e. The average molecular weight is 379 g/mol. The van der Waals surface area contributed by atoms with Gasteiger partial charge in [-0.15, -0.1) is 0 Å². The van der Waals surface area contributed by atoms with Crippen LogP contribution >= 0.6 is 0 Å². The Labute approximate surface area is 168 Å². The first kappa shape index (κ1) is 20.2. The zero-order chi connectivity index (χ0) is 19.9. The SMILES string of the molecule is COc1cccc(-c2cccc(NC(=O)C3CCN(CC=C(C)C)CC3)c2)c1. The first-order valence-electron chi connectivity index (χ1n) is 9.96. The molecule has 28 heavy (non-hydrogen) atoms. The predicted octanol–water partition coefficient (Wildman–Crippen LogP) is 4.98. The van der Waals surface area contributed by atoms with Crippen LogP contribution in [0.4, 0.5) is 5.69 Å². The van der Waals surface area contributed by atoms with Crippen molar-refractivity contribution in [1.82, 2.24) is 4.90 Å². The highest BCUT2D eigenvalue weighted by Gasteiger charge is 2.24. The van der Waals surface area contributed by atoms with E-state index in [9.17, 15) is 4.79 Å². The van der Waals surface area contributed by atoms with Gasteiger partial charge in [0, 0.05) is 18.2 Å². The summed E-state index contributed by atoms with van der Waals surface area (Å²) in [5, 5.41) is 3.11. The molecule has 1 aliphatic rings. The molecule has 4 nitrogen and oxygen atoms in total. The predicted molar refractivity (Wildman–Crippen MR) is 116 cm³/mol. The smallest absolute Gasteiger partial charge is 0.227 e. The fourth-order valence-electron chi connectivity index (χ4n) is 3.51. The van der Waals surface area contributed by atoms with E-state index in [1.807, 2.05) is 48.5 Å².